The first-order valence-electron chi connectivity index (χ1n) is 19.5. The van der Waals surface area contributed by atoms with E-state index >= 15 is 0 Å². The number of thiophene rings is 1. The SMILES string of the molecule is [2H]c1cc([2H])c2c(c1[2H])c1c([2H])c(-c3cc([2H])c4c(c3[2H])c3c([2H])c([2H])cc([2H])c3n4-c3cccc4c3sc3ccccc34)cc([2H])c1n2-c1ccccc1. The predicted octanol–water partition coefficient (Wildman–Crippen LogP) is 11.9. The van der Waals surface area contributed by atoms with Crippen molar-refractivity contribution in [3.8, 4) is 22.5 Å². The highest BCUT2D eigenvalue weighted by Crippen LogP contribution is 2.42. The summed E-state index contributed by atoms with van der Waals surface area (Å²) in [5.41, 5.74) is 2.71. The molecule has 0 radical (unpaired) electrons. The van der Waals surface area contributed by atoms with E-state index in [0.29, 0.717) is 16.9 Å². The van der Waals surface area contributed by atoms with Gasteiger partial charge in [-0.2, -0.15) is 0 Å². The molecule has 3 heterocycles. The quantitative estimate of drug-likeness (QED) is 0.191. The molecule has 7 aromatic carbocycles. The van der Waals surface area contributed by atoms with E-state index in [-0.39, 0.29) is 110 Å². The fourth-order valence-electron chi connectivity index (χ4n) is 6.50. The highest BCUT2D eigenvalue weighted by Gasteiger charge is 2.18. The summed E-state index contributed by atoms with van der Waals surface area (Å²) in [6.07, 6.45) is 0. The number of benzene rings is 7. The second-order valence-corrected chi connectivity index (χ2v) is 12.0. The van der Waals surface area contributed by atoms with Gasteiger partial charge in [-0.3, -0.25) is 0 Å². The molecular weight excluding hydrogens is 565 g/mol. The van der Waals surface area contributed by atoms with Gasteiger partial charge in [-0.1, -0.05) is 97.0 Å². The molecule has 0 saturated carbocycles. The molecular formula is C42H26N2S. The van der Waals surface area contributed by atoms with E-state index in [2.05, 4.69) is 0 Å². The monoisotopic (exact) mass is 600 g/mol. The zero-order valence-corrected chi connectivity index (χ0v) is 24.4. The van der Waals surface area contributed by atoms with E-state index < -0.39 is 0 Å². The summed E-state index contributed by atoms with van der Waals surface area (Å²) in [5, 5.41) is 2.77. The molecule has 0 saturated heterocycles. The molecule has 45 heavy (non-hydrogen) atoms. The van der Waals surface area contributed by atoms with Crippen molar-refractivity contribution in [3.63, 3.8) is 0 Å². The van der Waals surface area contributed by atoms with Crippen LogP contribution in [0, 0.1) is 0 Å². The van der Waals surface area contributed by atoms with Crippen LogP contribution in [-0.4, -0.2) is 9.13 Å². The highest BCUT2D eigenvalue weighted by molar-refractivity contribution is 7.26. The Morgan fingerprint density at radius 1 is 0.444 bits per heavy atom. The van der Waals surface area contributed by atoms with Gasteiger partial charge in [-0.25, -0.2) is 0 Å². The standard InChI is InChI=1S/C42H26N2S/c1-2-11-29(12-3-1)43-36-17-7-4-13-30(36)34-25-27(21-23-38(34)43)28-22-24-39-35(26-28)31-14-5-8-18-37(31)44(39)40-19-10-16-33-32-15-6-9-20-41(32)45-42(33)40/h1-26H/i4D,5D,13D,14D,17D,18D,23D,24D,25D,26D. The second-order valence-electron chi connectivity index (χ2n) is 10.9. The van der Waals surface area contributed by atoms with Gasteiger partial charge in [0.25, 0.3) is 0 Å². The first-order chi connectivity index (χ1) is 26.5. The van der Waals surface area contributed by atoms with E-state index in [1.54, 1.807) is 20.5 Å². The van der Waals surface area contributed by atoms with Gasteiger partial charge in [0.1, 0.15) is 0 Å². The highest BCUT2D eigenvalue weighted by atomic mass is 32.1. The van der Waals surface area contributed by atoms with E-state index in [9.17, 15) is 5.48 Å². The molecule has 0 aliphatic heterocycles. The summed E-state index contributed by atoms with van der Waals surface area (Å²) >= 11 is 1.57. The van der Waals surface area contributed by atoms with Crippen LogP contribution in [0.3, 0.4) is 0 Å². The number of para-hydroxylation sites is 3. The molecule has 0 aliphatic carbocycles. The Kier molecular flexibility index (Phi) is 3.56. The number of hydrogen-bond acceptors (Lipinski definition) is 1. The van der Waals surface area contributed by atoms with Crippen molar-refractivity contribution in [2.45, 2.75) is 0 Å². The Hall–Kier alpha value is -5.64. The maximum atomic E-state index is 9.76. The maximum absolute atomic E-state index is 9.76. The zero-order chi connectivity index (χ0) is 38.2. The van der Waals surface area contributed by atoms with Gasteiger partial charge in [-0.05, 0) is 71.6 Å². The third-order valence-corrected chi connectivity index (χ3v) is 9.66. The molecule has 0 atom stereocenters. The third kappa shape index (κ3) is 3.56. The van der Waals surface area contributed by atoms with Crippen LogP contribution in [0.4, 0.5) is 0 Å². The van der Waals surface area contributed by atoms with Crippen LogP contribution in [0.1, 0.15) is 13.7 Å². The minimum absolute atomic E-state index is 0.0317. The van der Waals surface area contributed by atoms with Crippen LogP contribution < -0.4 is 0 Å². The molecule has 0 amide bonds. The average Bonchev–Trinajstić information content (AvgIpc) is 3.86. The minimum Gasteiger partial charge on any atom is -0.309 e. The summed E-state index contributed by atoms with van der Waals surface area (Å²) in [6, 6.07) is 27.3. The largest absolute Gasteiger partial charge is 0.309 e. The van der Waals surface area contributed by atoms with E-state index in [0.717, 1.165) is 20.2 Å². The molecule has 3 aromatic heterocycles. The summed E-state index contributed by atoms with van der Waals surface area (Å²) in [6.45, 7) is 0. The van der Waals surface area contributed by atoms with Crippen LogP contribution >= 0.6 is 11.3 Å². The summed E-state index contributed by atoms with van der Waals surface area (Å²) in [4.78, 5) is 0. The molecule has 10 rings (SSSR count). The number of aromatic nitrogens is 2. The van der Waals surface area contributed by atoms with Crippen molar-refractivity contribution in [2.75, 3.05) is 0 Å². The van der Waals surface area contributed by atoms with Crippen LogP contribution in [0.2, 0.25) is 0 Å². The normalized spacial score (nSPS) is 15.1. The van der Waals surface area contributed by atoms with Gasteiger partial charge >= 0.3 is 0 Å². The van der Waals surface area contributed by atoms with Crippen molar-refractivity contribution >= 4 is 75.1 Å². The Morgan fingerprint density at radius 3 is 1.78 bits per heavy atom. The Bertz CT molecular complexity index is 3330. The first kappa shape index (κ1) is 17.0. The van der Waals surface area contributed by atoms with Crippen LogP contribution in [0.25, 0.3) is 86.3 Å². The van der Waals surface area contributed by atoms with Crippen molar-refractivity contribution in [3.05, 3.63) is 157 Å². The van der Waals surface area contributed by atoms with Gasteiger partial charge < -0.3 is 9.13 Å². The Morgan fingerprint density at radius 2 is 1.04 bits per heavy atom. The Balaban J connectivity index is 1.35. The molecule has 0 N–H and O–H groups in total. The Labute approximate surface area is 277 Å². The lowest BCUT2D eigenvalue weighted by molar-refractivity contribution is 1.18. The maximum Gasteiger partial charge on any atom is 0.0645 e. The zero-order valence-electron chi connectivity index (χ0n) is 33.5. The summed E-state index contributed by atoms with van der Waals surface area (Å²) in [5.74, 6) is 0. The molecule has 0 bridgehead atoms. The lowest BCUT2D eigenvalue weighted by Crippen LogP contribution is -1.94. The molecule has 0 spiro atoms. The molecule has 0 unspecified atom stereocenters. The minimum atomic E-state index is -0.196. The van der Waals surface area contributed by atoms with Gasteiger partial charge in [0.05, 0.1) is 46.2 Å². The molecule has 0 fully saturated rings. The number of nitrogens with zero attached hydrogens (tertiary/aromatic N) is 2. The molecule has 3 heteroatoms. The van der Waals surface area contributed by atoms with E-state index in [1.807, 2.05) is 72.8 Å². The molecule has 0 aliphatic rings. The second kappa shape index (κ2) is 9.43. The van der Waals surface area contributed by atoms with Crippen molar-refractivity contribution in [1.82, 2.24) is 9.13 Å². The van der Waals surface area contributed by atoms with Crippen molar-refractivity contribution < 1.29 is 13.7 Å². The van der Waals surface area contributed by atoms with Crippen LogP contribution in [0.15, 0.2) is 157 Å². The van der Waals surface area contributed by atoms with Crippen LogP contribution in [-0.2, 0) is 0 Å². The van der Waals surface area contributed by atoms with E-state index in [1.165, 1.54) is 24.3 Å². The smallest absolute Gasteiger partial charge is 0.0645 e. The summed E-state index contributed by atoms with van der Waals surface area (Å²) < 4.78 is 96.8. The number of rotatable bonds is 3. The lowest BCUT2D eigenvalue weighted by atomic mass is 10.0. The van der Waals surface area contributed by atoms with E-state index in [4.69, 9.17) is 8.22 Å². The fraction of sp³-hybridized carbons (Fsp3) is 0. The number of fused-ring (bicyclic) bond motifs is 9. The lowest BCUT2D eigenvalue weighted by Gasteiger charge is -2.10. The molecule has 10 aromatic rings. The van der Waals surface area contributed by atoms with Gasteiger partial charge in [0.2, 0.25) is 0 Å². The van der Waals surface area contributed by atoms with Gasteiger partial charge in [0.15, 0.2) is 0 Å². The van der Waals surface area contributed by atoms with Crippen molar-refractivity contribution in [2.24, 2.45) is 0 Å². The van der Waals surface area contributed by atoms with Crippen LogP contribution in [0.5, 0.6) is 0 Å². The van der Waals surface area contributed by atoms with Crippen molar-refractivity contribution in [1.29, 1.82) is 0 Å². The number of hydrogen-bond donors (Lipinski definition) is 0. The average molecular weight is 601 g/mol. The predicted molar refractivity (Wildman–Crippen MR) is 193 cm³/mol. The van der Waals surface area contributed by atoms with Gasteiger partial charge in [-0.15, -0.1) is 11.3 Å². The molecule has 210 valence electrons. The topological polar surface area (TPSA) is 9.86 Å². The third-order valence-electron chi connectivity index (χ3n) is 8.45. The molecule has 2 nitrogen and oxygen atoms in total. The fourth-order valence-corrected chi connectivity index (χ4v) is 7.71. The first-order valence-corrected chi connectivity index (χ1v) is 15.4. The summed E-state index contributed by atoms with van der Waals surface area (Å²) in [7, 11) is 0. The van der Waals surface area contributed by atoms with Gasteiger partial charge in [0, 0.05) is 42.7 Å².